The summed E-state index contributed by atoms with van der Waals surface area (Å²) in [6, 6.07) is 0.608. The van der Waals surface area contributed by atoms with Crippen molar-refractivity contribution in [3.63, 3.8) is 0 Å². The average Bonchev–Trinajstić information content (AvgIpc) is 2.42. The van der Waals surface area contributed by atoms with Gasteiger partial charge in [-0.25, -0.2) is 0 Å². The predicted octanol–water partition coefficient (Wildman–Crippen LogP) is 0.891. The molecule has 70 valence electrons. The molecule has 1 unspecified atom stereocenters. The molecule has 2 heterocycles. The summed E-state index contributed by atoms with van der Waals surface area (Å²) in [4.78, 5) is 0. The molecule has 0 aromatic rings. The highest BCUT2D eigenvalue weighted by atomic mass is 16.7. The lowest BCUT2D eigenvalue weighted by Crippen LogP contribution is -2.31. The highest BCUT2D eigenvalue weighted by Gasteiger charge is 2.37. The Morgan fingerprint density at radius 1 is 1.25 bits per heavy atom. The second-order valence-electron chi connectivity index (χ2n) is 3.75. The van der Waals surface area contributed by atoms with Crippen molar-refractivity contribution in [2.75, 3.05) is 19.8 Å². The summed E-state index contributed by atoms with van der Waals surface area (Å²) in [6.07, 6.45) is 3.19. The minimum atomic E-state index is -0.224. The maximum atomic E-state index is 5.65. The Hall–Kier alpha value is -0.120. The SMILES string of the molecule is CC1CCC2(CCN1)OCCO2. The van der Waals surface area contributed by atoms with Gasteiger partial charge in [-0.05, 0) is 13.3 Å². The van der Waals surface area contributed by atoms with E-state index >= 15 is 0 Å². The van der Waals surface area contributed by atoms with Gasteiger partial charge in [0.15, 0.2) is 5.79 Å². The third-order valence-electron chi connectivity index (χ3n) is 2.77. The summed E-state index contributed by atoms with van der Waals surface area (Å²) in [5, 5.41) is 3.44. The molecule has 0 bridgehead atoms. The van der Waals surface area contributed by atoms with Gasteiger partial charge in [0, 0.05) is 25.4 Å². The molecule has 3 nitrogen and oxygen atoms in total. The monoisotopic (exact) mass is 171 g/mol. The molecule has 2 aliphatic rings. The van der Waals surface area contributed by atoms with E-state index < -0.39 is 0 Å². The van der Waals surface area contributed by atoms with Crippen LogP contribution < -0.4 is 5.32 Å². The van der Waals surface area contributed by atoms with E-state index in [-0.39, 0.29) is 5.79 Å². The fourth-order valence-corrected chi connectivity index (χ4v) is 1.96. The average molecular weight is 171 g/mol. The van der Waals surface area contributed by atoms with Gasteiger partial charge in [0.1, 0.15) is 0 Å². The Labute approximate surface area is 73.4 Å². The summed E-state index contributed by atoms with van der Waals surface area (Å²) in [6.45, 7) is 4.78. The van der Waals surface area contributed by atoms with E-state index in [4.69, 9.17) is 9.47 Å². The molecule has 1 spiro atoms. The molecule has 1 atom stereocenters. The molecule has 2 fully saturated rings. The van der Waals surface area contributed by atoms with Crippen LogP contribution in [0.25, 0.3) is 0 Å². The molecular formula is C9H17NO2. The summed E-state index contributed by atoms with van der Waals surface area (Å²) in [5.41, 5.74) is 0. The van der Waals surface area contributed by atoms with Gasteiger partial charge in [0.2, 0.25) is 0 Å². The second-order valence-corrected chi connectivity index (χ2v) is 3.75. The zero-order valence-corrected chi connectivity index (χ0v) is 7.64. The molecule has 12 heavy (non-hydrogen) atoms. The van der Waals surface area contributed by atoms with Crippen LogP contribution in [0.1, 0.15) is 26.2 Å². The normalized spacial score (nSPS) is 35.2. The third kappa shape index (κ3) is 1.63. The molecule has 2 aliphatic heterocycles. The molecule has 1 N–H and O–H groups in total. The van der Waals surface area contributed by atoms with E-state index in [1.807, 2.05) is 0 Å². The van der Waals surface area contributed by atoms with Crippen LogP contribution in [0.4, 0.5) is 0 Å². The van der Waals surface area contributed by atoms with Crippen LogP contribution >= 0.6 is 0 Å². The Morgan fingerprint density at radius 2 is 2.00 bits per heavy atom. The maximum Gasteiger partial charge on any atom is 0.169 e. The van der Waals surface area contributed by atoms with Crippen molar-refractivity contribution in [1.82, 2.24) is 5.32 Å². The Balaban J connectivity index is 1.97. The zero-order chi connectivity index (χ0) is 8.44. The second kappa shape index (κ2) is 3.32. The Morgan fingerprint density at radius 3 is 2.75 bits per heavy atom. The van der Waals surface area contributed by atoms with Crippen LogP contribution in [0, 0.1) is 0 Å². The van der Waals surface area contributed by atoms with Crippen molar-refractivity contribution in [3.05, 3.63) is 0 Å². The summed E-state index contributed by atoms with van der Waals surface area (Å²) >= 11 is 0. The fourth-order valence-electron chi connectivity index (χ4n) is 1.96. The largest absolute Gasteiger partial charge is 0.347 e. The molecule has 2 rings (SSSR count). The number of hydrogen-bond donors (Lipinski definition) is 1. The van der Waals surface area contributed by atoms with Crippen LogP contribution in [-0.2, 0) is 9.47 Å². The molecule has 3 heteroatoms. The summed E-state index contributed by atoms with van der Waals surface area (Å²) in [5.74, 6) is -0.224. The Bertz CT molecular complexity index is 155. The minimum absolute atomic E-state index is 0.224. The van der Waals surface area contributed by atoms with E-state index in [1.165, 1.54) is 0 Å². The first-order valence-corrected chi connectivity index (χ1v) is 4.82. The van der Waals surface area contributed by atoms with Gasteiger partial charge in [0.05, 0.1) is 13.2 Å². The molecule has 0 amide bonds. The van der Waals surface area contributed by atoms with Gasteiger partial charge in [-0.15, -0.1) is 0 Å². The van der Waals surface area contributed by atoms with Crippen molar-refractivity contribution in [2.24, 2.45) is 0 Å². The molecular weight excluding hydrogens is 154 g/mol. The minimum Gasteiger partial charge on any atom is -0.347 e. The molecule has 0 radical (unpaired) electrons. The zero-order valence-electron chi connectivity index (χ0n) is 7.64. The van der Waals surface area contributed by atoms with E-state index in [0.717, 1.165) is 39.0 Å². The highest BCUT2D eigenvalue weighted by Crippen LogP contribution is 2.30. The van der Waals surface area contributed by atoms with Crippen molar-refractivity contribution in [3.8, 4) is 0 Å². The van der Waals surface area contributed by atoms with Crippen LogP contribution in [0.5, 0.6) is 0 Å². The van der Waals surface area contributed by atoms with Crippen molar-refractivity contribution in [1.29, 1.82) is 0 Å². The lowest BCUT2D eigenvalue weighted by molar-refractivity contribution is -0.163. The first-order valence-electron chi connectivity index (χ1n) is 4.82. The van der Waals surface area contributed by atoms with Crippen LogP contribution in [-0.4, -0.2) is 31.6 Å². The molecule has 2 saturated heterocycles. The quantitative estimate of drug-likeness (QED) is 0.587. The van der Waals surface area contributed by atoms with Crippen molar-refractivity contribution >= 4 is 0 Å². The molecule has 0 saturated carbocycles. The van der Waals surface area contributed by atoms with Gasteiger partial charge in [-0.1, -0.05) is 0 Å². The topological polar surface area (TPSA) is 30.5 Å². The molecule has 0 aromatic carbocycles. The lowest BCUT2D eigenvalue weighted by atomic mass is 10.1. The van der Waals surface area contributed by atoms with E-state index in [1.54, 1.807) is 0 Å². The van der Waals surface area contributed by atoms with E-state index in [2.05, 4.69) is 12.2 Å². The summed E-state index contributed by atoms with van der Waals surface area (Å²) < 4.78 is 11.3. The number of rotatable bonds is 0. The third-order valence-corrected chi connectivity index (χ3v) is 2.77. The van der Waals surface area contributed by atoms with Gasteiger partial charge < -0.3 is 14.8 Å². The van der Waals surface area contributed by atoms with Gasteiger partial charge >= 0.3 is 0 Å². The first-order chi connectivity index (χ1) is 5.81. The smallest absolute Gasteiger partial charge is 0.169 e. The van der Waals surface area contributed by atoms with Gasteiger partial charge in [0.25, 0.3) is 0 Å². The fraction of sp³-hybridized carbons (Fsp3) is 1.00. The molecule has 0 aromatic heterocycles. The number of hydrogen-bond acceptors (Lipinski definition) is 3. The number of ether oxygens (including phenoxy) is 2. The van der Waals surface area contributed by atoms with Crippen LogP contribution in [0.2, 0.25) is 0 Å². The first kappa shape index (κ1) is 8.48. The Kier molecular flexibility index (Phi) is 2.35. The lowest BCUT2D eigenvalue weighted by Gasteiger charge is -2.24. The highest BCUT2D eigenvalue weighted by molar-refractivity contribution is 4.81. The van der Waals surface area contributed by atoms with E-state index in [0.29, 0.717) is 6.04 Å². The van der Waals surface area contributed by atoms with Crippen molar-refractivity contribution < 1.29 is 9.47 Å². The number of nitrogens with one attached hydrogen (secondary N) is 1. The van der Waals surface area contributed by atoms with Crippen LogP contribution in [0.3, 0.4) is 0 Å². The van der Waals surface area contributed by atoms with Crippen molar-refractivity contribution in [2.45, 2.75) is 38.0 Å². The predicted molar refractivity (Wildman–Crippen MR) is 46.0 cm³/mol. The molecule has 0 aliphatic carbocycles. The maximum absolute atomic E-state index is 5.65. The summed E-state index contributed by atoms with van der Waals surface area (Å²) in [7, 11) is 0. The van der Waals surface area contributed by atoms with Gasteiger partial charge in [-0.3, -0.25) is 0 Å². The standard InChI is InChI=1S/C9H17NO2/c1-8-2-3-9(4-5-10-8)11-6-7-12-9/h8,10H,2-7H2,1H3. The van der Waals surface area contributed by atoms with E-state index in [9.17, 15) is 0 Å². The van der Waals surface area contributed by atoms with Gasteiger partial charge in [-0.2, -0.15) is 0 Å². The van der Waals surface area contributed by atoms with Crippen LogP contribution in [0.15, 0.2) is 0 Å².